The second-order valence-electron chi connectivity index (χ2n) is 4.93. The SMILES string of the molecule is Cn1cc(N)c(C(=O)N2CC(=O)NC(=O)C2(C)C)n1. The molecular weight excluding hydrogens is 250 g/mol. The Morgan fingerprint density at radius 1 is 1.47 bits per heavy atom. The number of carbonyl (C=O) groups is 3. The number of imide groups is 1. The van der Waals surface area contributed by atoms with Crippen molar-refractivity contribution in [3.8, 4) is 0 Å². The summed E-state index contributed by atoms with van der Waals surface area (Å²) in [6.07, 6.45) is 1.49. The van der Waals surface area contributed by atoms with Crippen LogP contribution in [0.1, 0.15) is 24.3 Å². The van der Waals surface area contributed by atoms with Gasteiger partial charge in [-0.3, -0.25) is 24.4 Å². The number of hydrogen-bond acceptors (Lipinski definition) is 5. The topological polar surface area (TPSA) is 110 Å². The van der Waals surface area contributed by atoms with Crippen molar-refractivity contribution in [1.29, 1.82) is 0 Å². The minimum Gasteiger partial charge on any atom is -0.396 e. The maximum atomic E-state index is 12.4. The van der Waals surface area contributed by atoms with Gasteiger partial charge in [0, 0.05) is 13.2 Å². The number of carbonyl (C=O) groups excluding carboxylic acids is 3. The Kier molecular flexibility index (Phi) is 2.80. The first-order valence-corrected chi connectivity index (χ1v) is 5.69. The van der Waals surface area contributed by atoms with Crippen molar-refractivity contribution in [2.24, 2.45) is 7.05 Å². The van der Waals surface area contributed by atoms with Gasteiger partial charge in [-0.05, 0) is 13.8 Å². The number of hydrogen-bond donors (Lipinski definition) is 2. The van der Waals surface area contributed by atoms with Crippen molar-refractivity contribution in [2.45, 2.75) is 19.4 Å². The molecule has 0 spiro atoms. The predicted octanol–water partition coefficient (Wildman–Crippen LogP) is -1.12. The third kappa shape index (κ3) is 2.05. The fourth-order valence-electron chi connectivity index (χ4n) is 1.91. The maximum Gasteiger partial charge on any atom is 0.277 e. The molecule has 19 heavy (non-hydrogen) atoms. The molecule has 102 valence electrons. The molecule has 8 nitrogen and oxygen atoms in total. The van der Waals surface area contributed by atoms with Crippen LogP contribution in [0.5, 0.6) is 0 Å². The van der Waals surface area contributed by atoms with E-state index in [-0.39, 0.29) is 17.9 Å². The van der Waals surface area contributed by atoms with Crippen molar-refractivity contribution in [3.63, 3.8) is 0 Å². The molecule has 1 aromatic heterocycles. The monoisotopic (exact) mass is 265 g/mol. The molecule has 3 amide bonds. The van der Waals surface area contributed by atoms with E-state index in [1.165, 1.54) is 15.8 Å². The van der Waals surface area contributed by atoms with E-state index >= 15 is 0 Å². The maximum absolute atomic E-state index is 12.4. The van der Waals surface area contributed by atoms with Crippen LogP contribution in [0, 0.1) is 0 Å². The Bertz CT molecular complexity index is 575. The van der Waals surface area contributed by atoms with E-state index in [0.717, 1.165) is 0 Å². The van der Waals surface area contributed by atoms with E-state index < -0.39 is 23.3 Å². The summed E-state index contributed by atoms with van der Waals surface area (Å²) in [6, 6.07) is 0. The molecule has 0 saturated carbocycles. The molecule has 0 radical (unpaired) electrons. The van der Waals surface area contributed by atoms with E-state index in [2.05, 4.69) is 10.4 Å². The number of anilines is 1. The third-order valence-corrected chi connectivity index (χ3v) is 3.09. The molecule has 2 heterocycles. The Morgan fingerprint density at radius 2 is 2.11 bits per heavy atom. The summed E-state index contributed by atoms with van der Waals surface area (Å²) in [7, 11) is 1.63. The summed E-state index contributed by atoms with van der Waals surface area (Å²) in [5.74, 6) is -1.58. The lowest BCUT2D eigenvalue weighted by molar-refractivity contribution is -0.143. The number of piperazine rings is 1. The second kappa shape index (κ2) is 4.08. The summed E-state index contributed by atoms with van der Waals surface area (Å²) < 4.78 is 1.40. The zero-order chi connectivity index (χ0) is 14.4. The summed E-state index contributed by atoms with van der Waals surface area (Å²) in [5, 5.41) is 6.16. The van der Waals surface area contributed by atoms with Crippen LogP contribution in [0.3, 0.4) is 0 Å². The molecule has 0 bridgehead atoms. The van der Waals surface area contributed by atoms with Crippen LogP contribution in [-0.4, -0.2) is 44.5 Å². The zero-order valence-corrected chi connectivity index (χ0v) is 10.9. The van der Waals surface area contributed by atoms with Gasteiger partial charge in [0.1, 0.15) is 12.1 Å². The van der Waals surface area contributed by atoms with Crippen molar-refractivity contribution in [1.82, 2.24) is 20.0 Å². The van der Waals surface area contributed by atoms with Gasteiger partial charge in [0.05, 0.1) is 5.69 Å². The molecular formula is C11H15N5O3. The number of aryl methyl sites for hydroxylation is 1. The van der Waals surface area contributed by atoms with E-state index in [1.807, 2.05) is 0 Å². The van der Waals surface area contributed by atoms with Gasteiger partial charge in [-0.15, -0.1) is 0 Å². The van der Waals surface area contributed by atoms with Crippen molar-refractivity contribution in [2.75, 3.05) is 12.3 Å². The summed E-state index contributed by atoms with van der Waals surface area (Å²) >= 11 is 0. The first-order valence-electron chi connectivity index (χ1n) is 5.69. The predicted molar refractivity (Wildman–Crippen MR) is 65.9 cm³/mol. The fraction of sp³-hybridized carbons (Fsp3) is 0.455. The Hall–Kier alpha value is -2.38. The van der Waals surface area contributed by atoms with Gasteiger partial charge in [0.2, 0.25) is 5.91 Å². The van der Waals surface area contributed by atoms with E-state index in [4.69, 9.17) is 5.73 Å². The molecule has 1 saturated heterocycles. The van der Waals surface area contributed by atoms with E-state index in [9.17, 15) is 14.4 Å². The quantitative estimate of drug-likeness (QED) is 0.625. The average molecular weight is 265 g/mol. The lowest BCUT2D eigenvalue weighted by Gasteiger charge is -2.39. The van der Waals surface area contributed by atoms with Crippen LogP contribution < -0.4 is 11.1 Å². The number of nitrogens with two attached hydrogens (primary N) is 1. The summed E-state index contributed by atoms with van der Waals surface area (Å²) in [4.78, 5) is 36.7. The standard InChI is InChI=1S/C11H15N5O3/c1-11(2)10(19)13-7(17)5-16(11)9(18)8-6(12)4-15(3)14-8/h4H,5,12H2,1-3H3,(H,13,17,19). The smallest absolute Gasteiger partial charge is 0.277 e. The molecule has 0 unspecified atom stereocenters. The van der Waals surface area contributed by atoms with Gasteiger partial charge in [-0.1, -0.05) is 0 Å². The van der Waals surface area contributed by atoms with Crippen molar-refractivity contribution in [3.05, 3.63) is 11.9 Å². The van der Waals surface area contributed by atoms with Crippen LogP contribution in [0.2, 0.25) is 0 Å². The largest absolute Gasteiger partial charge is 0.396 e. The average Bonchev–Trinajstić information content (AvgIpc) is 2.62. The van der Waals surface area contributed by atoms with Gasteiger partial charge in [0.25, 0.3) is 11.8 Å². The highest BCUT2D eigenvalue weighted by Gasteiger charge is 2.44. The van der Waals surface area contributed by atoms with Crippen LogP contribution in [0.15, 0.2) is 6.20 Å². The molecule has 1 aliphatic heterocycles. The Labute approximate surface area is 109 Å². The van der Waals surface area contributed by atoms with Crippen molar-refractivity contribution < 1.29 is 14.4 Å². The first kappa shape index (κ1) is 13.1. The first-order chi connectivity index (χ1) is 8.73. The lowest BCUT2D eigenvalue weighted by atomic mass is 9.98. The molecule has 8 heteroatoms. The zero-order valence-electron chi connectivity index (χ0n) is 10.9. The number of amides is 3. The molecule has 3 N–H and O–H groups in total. The van der Waals surface area contributed by atoms with E-state index in [0.29, 0.717) is 0 Å². The summed E-state index contributed by atoms with van der Waals surface area (Å²) in [6.45, 7) is 2.92. The molecule has 1 fully saturated rings. The fourth-order valence-corrected chi connectivity index (χ4v) is 1.91. The Morgan fingerprint density at radius 3 is 2.63 bits per heavy atom. The highest BCUT2D eigenvalue weighted by molar-refractivity contribution is 6.09. The van der Waals surface area contributed by atoms with Gasteiger partial charge < -0.3 is 10.6 Å². The molecule has 0 aromatic carbocycles. The van der Waals surface area contributed by atoms with Crippen LogP contribution in [0.25, 0.3) is 0 Å². The van der Waals surface area contributed by atoms with Gasteiger partial charge in [0.15, 0.2) is 5.69 Å². The number of rotatable bonds is 1. The van der Waals surface area contributed by atoms with Gasteiger partial charge in [-0.25, -0.2) is 0 Å². The molecule has 1 aliphatic rings. The molecule has 2 rings (SSSR count). The molecule has 1 aromatic rings. The van der Waals surface area contributed by atoms with Crippen LogP contribution in [0.4, 0.5) is 5.69 Å². The summed E-state index contributed by atoms with van der Waals surface area (Å²) in [5.41, 5.74) is 4.81. The minimum atomic E-state index is -1.13. The van der Waals surface area contributed by atoms with Crippen LogP contribution >= 0.6 is 0 Å². The lowest BCUT2D eigenvalue weighted by Crippen LogP contribution is -2.65. The van der Waals surface area contributed by atoms with Crippen LogP contribution in [-0.2, 0) is 16.6 Å². The molecule has 0 aliphatic carbocycles. The number of nitrogen functional groups attached to an aromatic ring is 1. The normalized spacial score (nSPS) is 18.4. The Balaban J connectivity index is 2.39. The third-order valence-electron chi connectivity index (χ3n) is 3.09. The van der Waals surface area contributed by atoms with Crippen molar-refractivity contribution >= 4 is 23.4 Å². The van der Waals surface area contributed by atoms with E-state index in [1.54, 1.807) is 20.9 Å². The highest BCUT2D eigenvalue weighted by atomic mass is 16.2. The van der Waals surface area contributed by atoms with Gasteiger partial charge in [-0.2, -0.15) is 5.10 Å². The highest BCUT2D eigenvalue weighted by Crippen LogP contribution is 2.22. The number of aromatic nitrogens is 2. The second-order valence-corrected chi connectivity index (χ2v) is 4.93. The number of nitrogens with zero attached hydrogens (tertiary/aromatic N) is 3. The van der Waals surface area contributed by atoms with Gasteiger partial charge >= 0.3 is 0 Å². The number of nitrogens with one attached hydrogen (secondary N) is 1. The molecule has 0 atom stereocenters. The minimum absolute atomic E-state index is 0.0399.